The molecule has 6 nitrogen and oxygen atoms in total. The molecule has 4 aromatic rings. The minimum absolute atomic E-state index is 0.160. The maximum Gasteiger partial charge on any atom is 0.250 e. The van der Waals surface area contributed by atoms with Gasteiger partial charge in [-0.25, -0.2) is 4.98 Å². The molecule has 0 saturated carbocycles. The standard InChI is InChI=1S/C17H12ClN5O/c18-12-8-6-11(7-9-12)14-10-20-17-15(16(19)24-23(14)17)22-21-13-4-2-1-3-5-13/h1-10H,19H2. The number of halogens is 1. The summed E-state index contributed by atoms with van der Waals surface area (Å²) >= 11 is 5.93. The predicted octanol–water partition coefficient (Wildman–Crippen LogP) is 5.25. The van der Waals surface area contributed by atoms with Crippen LogP contribution in [0.15, 0.2) is 75.5 Å². The van der Waals surface area contributed by atoms with Crippen LogP contribution < -0.4 is 5.73 Å². The summed E-state index contributed by atoms with van der Waals surface area (Å²) < 4.78 is 7.13. The number of nitrogens with zero attached hydrogens (tertiary/aromatic N) is 4. The monoisotopic (exact) mass is 337 g/mol. The van der Waals surface area contributed by atoms with Gasteiger partial charge in [-0.15, -0.1) is 5.11 Å². The molecule has 0 bridgehead atoms. The number of nitrogen functional groups attached to an aromatic ring is 1. The van der Waals surface area contributed by atoms with Gasteiger partial charge in [0.2, 0.25) is 11.5 Å². The van der Waals surface area contributed by atoms with Gasteiger partial charge in [0.15, 0.2) is 5.69 Å². The number of imidazole rings is 1. The summed E-state index contributed by atoms with van der Waals surface area (Å²) in [6.07, 6.45) is 1.70. The molecule has 4 rings (SSSR count). The third kappa shape index (κ3) is 2.53. The van der Waals surface area contributed by atoms with Gasteiger partial charge in [-0.1, -0.05) is 41.9 Å². The van der Waals surface area contributed by atoms with Crippen LogP contribution in [0.1, 0.15) is 0 Å². The highest BCUT2D eigenvalue weighted by atomic mass is 35.5. The second-order valence-electron chi connectivity index (χ2n) is 5.11. The number of aromatic nitrogens is 2. The Kier molecular flexibility index (Phi) is 3.51. The molecule has 0 atom stereocenters. The van der Waals surface area contributed by atoms with Gasteiger partial charge in [0.25, 0.3) is 0 Å². The minimum Gasteiger partial charge on any atom is -0.366 e. The maximum atomic E-state index is 5.93. The SMILES string of the molecule is Nc1on2c(-c3ccc(Cl)cc3)cnc2c1N=Nc1ccccc1. The van der Waals surface area contributed by atoms with Gasteiger partial charge in [0, 0.05) is 10.6 Å². The van der Waals surface area contributed by atoms with E-state index >= 15 is 0 Å². The molecule has 0 aliphatic rings. The van der Waals surface area contributed by atoms with E-state index in [4.69, 9.17) is 21.9 Å². The Bertz CT molecular complexity index is 1020. The minimum atomic E-state index is 0.160. The second-order valence-corrected chi connectivity index (χ2v) is 5.54. The molecule has 0 aliphatic heterocycles. The average molecular weight is 338 g/mol. The van der Waals surface area contributed by atoms with Crippen LogP contribution in [0.4, 0.5) is 17.3 Å². The van der Waals surface area contributed by atoms with Crippen LogP contribution in [0.2, 0.25) is 5.02 Å². The molecular weight excluding hydrogens is 326 g/mol. The molecule has 2 N–H and O–H groups in total. The topological polar surface area (TPSA) is 81.2 Å². The van der Waals surface area contributed by atoms with Crippen LogP contribution >= 0.6 is 11.6 Å². The number of fused-ring (bicyclic) bond motifs is 1. The number of azo groups is 1. The van der Waals surface area contributed by atoms with Crippen LogP contribution in [0.5, 0.6) is 0 Å². The van der Waals surface area contributed by atoms with Crippen molar-refractivity contribution in [3.05, 3.63) is 65.8 Å². The Morgan fingerprint density at radius 1 is 1.00 bits per heavy atom. The van der Waals surface area contributed by atoms with Gasteiger partial charge in [0.1, 0.15) is 5.69 Å². The van der Waals surface area contributed by atoms with E-state index in [2.05, 4.69) is 15.2 Å². The summed E-state index contributed by atoms with van der Waals surface area (Å²) in [4.78, 5) is 4.35. The van der Waals surface area contributed by atoms with Gasteiger partial charge in [-0.3, -0.25) is 0 Å². The van der Waals surface area contributed by atoms with Crippen LogP contribution in [-0.4, -0.2) is 9.56 Å². The zero-order valence-electron chi connectivity index (χ0n) is 12.4. The van der Waals surface area contributed by atoms with Crippen molar-refractivity contribution < 1.29 is 4.52 Å². The van der Waals surface area contributed by atoms with Crippen molar-refractivity contribution in [3.8, 4) is 11.3 Å². The molecule has 0 radical (unpaired) electrons. The molecule has 7 heteroatoms. The average Bonchev–Trinajstić information content (AvgIpc) is 3.13. The largest absolute Gasteiger partial charge is 0.366 e. The van der Waals surface area contributed by atoms with Crippen molar-refractivity contribution >= 4 is 34.5 Å². The highest BCUT2D eigenvalue weighted by Crippen LogP contribution is 2.34. The molecule has 0 saturated heterocycles. The fourth-order valence-corrected chi connectivity index (χ4v) is 2.48. The summed E-state index contributed by atoms with van der Waals surface area (Å²) in [6, 6.07) is 16.8. The van der Waals surface area contributed by atoms with Gasteiger partial charge in [-0.05, 0) is 24.3 Å². The van der Waals surface area contributed by atoms with Crippen molar-refractivity contribution in [2.24, 2.45) is 10.2 Å². The first-order valence-electron chi connectivity index (χ1n) is 7.21. The fraction of sp³-hybridized carbons (Fsp3) is 0. The number of anilines is 1. The molecule has 2 aromatic carbocycles. The maximum absolute atomic E-state index is 5.93. The van der Waals surface area contributed by atoms with E-state index in [9.17, 15) is 0 Å². The predicted molar refractivity (Wildman–Crippen MR) is 92.9 cm³/mol. The Balaban J connectivity index is 1.77. The molecule has 118 valence electrons. The summed E-state index contributed by atoms with van der Waals surface area (Å²) in [5.74, 6) is 0.160. The molecule has 2 heterocycles. The number of hydrogen-bond donors (Lipinski definition) is 1. The molecule has 0 fully saturated rings. The van der Waals surface area contributed by atoms with Crippen LogP contribution in [0, 0.1) is 0 Å². The highest BCUT2D eigenvalue weighted by molar-refractivity contribution is 6.30. The van der Waals surface area contributed by atoms with Crippen LogP contribution in [0.3, 0.4) is 0 Å². The van der Waals surface area contributed by atoms with E-state index in [1.54, 1.807) is 18.3 Å². The first kappa shape index (κ1) is 14.5. The number of nitrogens with two attached hydrogens (primary N) is 1. The Hall–Kier alpha value is -3.12. The molecule has 0 spiro atoms. The smallest absolute Gasteiger partial charge is 0.250 e. The van der Waals surface area contributed by atoms with Gasteiger partial charge >= 0.3 is 0 Å². The van der Waals surface area contributed by atoms with E-state index in [1.165, 1.54) is 4.57 Å². The van der Waals surface area contributed by atoms with Gasteiger partial charge < -0.3 is 10.3 Å². The first-order chi connectivity index (χ1) is 11.7. The van der Waals surface area contributed by atoms with Gasteiger partial charge in [0.05, 0.1) is 11.9 Å². The van der Waals surface area contributed by atoms with Crippen molar-refractivity contribution in [1.82, 2.24) is 9.56 Å². The summed E-state index contributed by atoms with van der Waals surface area (Å²) in [5.41, 5.74) is 9.23. The number of benzene rings is 2. The lowest BCUT2D eigenvalue weighted by Gasteiger charge is -1.98. The lowest BCUT2D eigenvalue weighted by molar-refractivity contribution is 0.397. The van der Waals surface area contributed by atoms with E-state index in [0.717, 1.165) is 16.9 Å². The first-order valence-corrected chi connectivity index (χ1v) is 7.59. The van der Waals surface area contributed by atoms with E-state index in [-0.39, 0.29) is 5.88 Å². The summed E-state index contributed by atoms with van der Waals surface area (Å²) in [6.45, 7) is 0. The van der Waals surface area contributed by atoms with Crippen LogP contribution in [0.25, 0.3) is 16.9 Å². The van der Waals surface area contributed by atoms with Crippen LogP contribution in [-0.2, 0) is 0 Å². The third-order valence-electron chi connectivity index (χ3n) is 3.52. The highest BCUT2D eigenvalue weighted by Gasteiger charge is 2.17. The Labute approximate surface area is 142 Å². The van der Waals surface area contributed by atoms with Crippen molar-refractivity contribution in [3.63, 3.8) is 0 Å². The number of rotatable bonds is 3. The lowest BCUT2D eigenvalue weighted by atomic mass is 10.2. The molecule has 0 aliphatic carbocycles. The molecule has 2 aromatic heterocycles. The summed E-state index contributed by atoms with van der Waals surface area (Å²) in [5, 5.41) is 9.02. The zero-order chi connectivity index (χ0) is 16.5. The van der Waals surface area contributed by atoms with E-state index < -0.39 is 0 Å². The Morgan fingerprint density at radius 3 is 2.50 bits per heavy atom. The fourth-order valence-electron chi connectivity index (χ4n) is 2.35. The molecule has 0 amide bonds. The second kappa shape index (κ2) is 5.82. The van der Waals surface area contributed by atoms with Crippen molar-refractivity contribution in [2.75, 3.05) is 5.73 Å². The van der Waals surface area contributed by atoms with E-state index in [1.807, 2.05) is 42.5 Å². The molecular formula is C17H12ClN5O. The Morgan fingerprint density at radius 2 is 1.75 bits per heavy atom. The van der Waals surface area contributed by atoms with Crippen molar-refractivity contribution in [1.29, 1.82) is 0 Å². The third-order valence-corrected chi connectivity index (χ3v) is 3.77. The van der Waals surface area contributed by atoms with Gasteiger partial charge in [-0.2, -0.15) is 9.69 Å². The summed E-state index contributed by atoms with van der Waals surface area (Å²) in [7, 11) is 0. The molecule has 24 heavy (non-hydrogen) atoms. The number of hydrogen-bond acceptors (Lipinski definition) is 5. The van der Waals surface area contributed by atoms with E-state index in [0.29, 0.717) is 16.4 Å². The quantitative estimate of drug-likeness (QED) is 0.518. The normalized spacial score (nSPS) is 11.5. The lowest BCUT2D eigenvalue weighted by Crippen LogP contribution is -1.84. The van der Waals surface area contributed by atoms with Crippen molar-refractivity contribution in [2.45, 2.75) is 0 Å². The molecule has 0 unspecified atom stereocenters. The zero-order valence-corrected chi connectivity index (χ0v) is 13.2.